The highest BCUT2D eigenvalue weighted by atomic mass is 16.5. The van der Waals surface area contributed by atoms with Crippen LogP contribution in [0.15, 0.2) is 97.5 Å². The van der Waals surface area contributed by atoms with Gasteiger partial charge in [-0.1, -0.05) is 36.9 Å². The molecule has 0 atom stereocenters. The monoisotopic (exact) mass is 475 g/mol. The van der Waals surface area contributed by atoms with Crippen molar-refractivity contribution in [1.82, 2.24) is 20.1 Å². The van der Waals surface area contributed by atoms with Crippen LogP contribution in [0.1, 0.15) is 16.7 Å². The maximum atomic E-state index is 12.8. The third-order valence-corrected chi connectivity index (χ3v) is 5.42. The normalized spacial score (nSPS) is 10.9. The first-order valence-electron chi connectivity index (χ1n) is 11.4. The van der Waals surface area contributed by atoms with Crippen molar-refractivity contribution in [3.8, 4) is 28.8 Å². The van der Waals surface area contributed by atoms with Gasteiger partial charge in [-0.15, -0.1) is 0 Å². The number of hydrogen-bond acceptors (Lipinski definition) is 5. The van der Waals surface area contributed by atoms with E-state index in [1.807, 2.05) is 73.8 Å². The van der Waals surface area contributed by atoms with Crippen LogP contribution in [0.2, 0.25) is 0 Å². The van der Waals surface area contributed by atoms with Gasteiger partial charge < -0.3 is 10.1 Å². The number of nitrogens with one attached hydrogen (secondary N) is 1. The smallest absolute Gasteiger partial charge is 0.262 e. The molecule has 36 heavy (non-hydrogen) atoms. The van der Waals surface area contributed by atoms with Gasteiger partial charge in [-0.05, 0) is 60.5 Å². The van der Waals surface area contributed by atoms with E-state index in [0.29, 0.717) is 17.9 Å². The number of benzene rings is 2. The van der Waals surface area contributed by atoms with Crippen LogP contribution >= 0.6 is 0 Å². The van der Waals surface area contributed by atoms with Crippen LogP contribution in [0.3, 0.4) is 0 Å². The average molecular weight is 476 g/mol. The van der Waals surface area contributed by atoms with Crippen molar-refractivity contribution < 1.29 is 9.53 Å². The van der Waals surface area contributed by atoms with E-state index in [0.717, 1.165) is 28.1 Å². The summed E-state index contributed by atoms with van der Waals surface area (Å²) < 4.78 is 7.39. The number of aromatic nitrogens is 3. The van der Waals surface area contributed by atoms with Crippen LogP contribution in [-0.4, -0.2) is 27.3 Å². The first-order chi connectivity index (χ1) is 17.6. The molecule has 0 aliphatic carbocycles. The van der Waals surface area contributed by atoms with Crippen molar-refractivity contribution in [3.05, 3.63) is 114 Å². The minimum atomic E-state index is -0.468. The SMILES string of the molecule is C=CCOc1ccc(-c2nn(-c3ccccc3)cc2C=C(C#N)C(=O)NCc2cccnc2)c(C)c1. The van der Waals surface area contributed by atoms with Gasteiger partial charge in [-0.3, -0.25) is 9.78 Å². The van der Waals surface area contributed by atoms with E-state index in [1.54, 1.807) is 35.3 Å². The number of ether oxygens (including phenoxy) is 1. The Kier molecular flexibility index (Phi) is 7.69. The molecule has 4 rings (SSSR count). The molecule has 4 aromatic rings. The maximum absolute atomic E-state index is 12.8. The molecule has 0 fully saturated rings. The zero-order chi connectivity index (χ0) is 25.3. The second kappa shape index (κ2) is 11.4. The number of rotatable bonds is 9. The van der Waals surface area contributed by atoms with Gasteiger partial charge in [-0.25, -0.2) is 4.68 Å². The van der Waals surface area contributed by atoms with Crippen LogP contribution in [0.25, 0.3) is 23.0 Å². The summed E-state index contributed by atoms with van der Waals surface area (Å²) in [6.45, 7) is 6.33. The van der Waals surface area contributed by atoms with Gasteiger partial charge in [0.1, 0.15) is 29.7 Å². The van der Waals surface area contributed by atoms with Crippen LogP contribution in [0.4, 0.5) is 0 Å². The molecule has 7 nitrogen and oxygen atoms in total. The van der Waals surface area contributed by atoms with Crippen molar-refractivity contribution in [3.63, 3.8) is 0 Å². The summed E-state index contributed by atoms with van der Waals surface area (Å²) in [5.41, 5.74) is 4.81. The van der Waals surface area contributed by atoms with Crippen molar-refractivity contribution >= 4 is 12.0 Å². The summed E-state index contributed by atoms with van der Waals surface area (Å²) in [6, 6.07) is 21.1. The Labute approximate surface area is 210 Å². The van der Waals surface area contributed by atoms with Gasteiger partial charge in [0.2, 0.25) is 0 Å². The summed E-state index contributed by atoms with van der Waals surface area (Å²) in [5, 5.41) is 17.4. The highest BCUT2D eigenvalue weighted by molar-refractivity contribution is 6.02. The first-order valence-corrected chi connectivity index (χ1v) is 11.4. The second-order valence-corrected chi connectivity index (χ2v) is 8.00. The van der Waals surface area contributed by atoms with E-state index in [-0.39, 0.29) is 12.1 Å². The van der Waals surface area contributed by atoms with Crippen LogP contribution in [0.5, 0.6) is 5.75 Å². The Bertz CT molecular complexity index is 1430. The molecule has 0 spiro atoms. The van der Waals surface area contributed by atoms with Crippen molar-refractivity contribution in [2.75, 3.05) is 6.61 Å². The molecule has 0 bridgehead atoms. The van der Waals surface area contributed by atoms with Gasteiger partial charge in [0.15, 0.2) is 0 Å². The Morgan fingerprint density at radius 2 is 2.03 bits per heavy atom. The lowest BCUT2D eigenvalue weighted by Crippen LogP contribution is -2.24. The van der Waals surface area contributed by atoms with Crippen LogP contribution in [-0.2, 0) is 11.3 Å². The molecule has 0 saturated carbocycles. The molecule has 0 aliphatic heterocycles. The number of amides is 1. The Morgan fingerprint density at radius 3 is 2.72 bits per heavy atom. The fourth-order valence-electron chi connectivity index (χ4n) is 3.65. The van der Waals surface area contributed by atoms with E-state index in [2.05, 4.69) is 16.9 Å². The second-order valence-electron chi connectivity index (χ2n) is 8.00. The van der Waals surface area contributed by atoms with Crippen LogP contribution < -0.4 is 10.1 Å². The standard InChI is InChI=1S/C29H25N5O2/c1-3-14-36-26-11-12-27(21(2)15-26)28-24(20-34(33-28)25-9-5-4-6-10-25)16-23(17-30)29(35)32-19-22-8-7-13-31-18-22/h3-13,15-16,18,20H,1,14,19H2,2H3,(H,32,35). The summed E-state index contributed by atoms with van der Waals surface area (Å²) >= 11 is 0. The number of carbonyl (C=O) groups is 1. The summed E-state index contributed by atoms with van der Waals surface area (Å²) in [4.78, 5) is 16.9. The molecule has 0 saturated heterocycles. The van der Waals surface area contributed by atoms with Gasteiger partial charge in [0, 0.05) is 36.3 Å². The van der Waals surface area contributed by atoms with E-state index in [4.69, 9.17) is 9.84 Å². The minimum Gasteiger partial charge on any atom is -0.490 e. The van der Waals surface area contributed by atoms with Crippen molar-refractivity contribution in [1.29, 1.82) is 5.26 Å². The van der Waals surface area contributed by atoms with E-state index in [1.165, 1.54) is 0 Å². The maximum Gasteiger partial charge on any atom is 0.262 e. The Morgan fingerprint density at radius 1 is 1.19 bits per heavy atom. The lowest BCUT2D eigenvalue weighted by Gasteiger charge is -2.09. The fourth-order valence-corrected chi connectivity index (χ4v) is 3.65. The number of aryl methyl sites for hydroxylation is 1. The molecule has 2 aromatic heterocycles. The summed E-state index contributed by atoms with van der Waals surface area (Å²) in [5.74, 6) is 0.257. The first kappa shape index (κ1) is 24.2. The van der Waals surface area contributed by atoms with Gasteiger partial charge in [0.05, 0.1) is 5.69 Å². The molecule has 1 N–H and O–H groups in total. The number of hydrogen-bond donors (Lipinski definition) is 1. The Hall–Kier alpha value is -4.96. The average Bonchev–Trinajstić information content (AvgIpc) is 3.33. The van der Waals surface area contributed by atoms with E-state index < -0.39 is 5.91 Å². The van der Waals surface area contributed by atoms with Gasteiger partial charge >= 0.3 is 0 Å². The summed E-state index contributed by atoms with van der Waals surface area (Å²) in [6.07, 6.45) is 8.41. The molecular formula is C29H25N5O2. The fraction of sp³-hybridized carbons (Fsp3) is 0.103. The number of carbonyl (C=O) groups excluding carboxylic acids is 1. The number of para-hydroxylation sites is 1. The number of nitriles is 1. The quantitative estimate of drug-likeness (QED) is 0.208. The van der Waals surface area contributed by atoms with Gasteiger partial charge in [-0.2, -0.15) is 10.4 Å². The lowest BCUT2D eigenvalue weighted by molar-refractivity contribution is -0.117. The van der Waals surface area contributed by atoms with Gasteiger partial charge in [0.25, 0.3) is 5.91 Å². The lowest BCUT2D eigenvalue weighted by atomic mass is 10.0. The largest absolute Gasteiger partial charge is 0.490 e. The Balaban J connectivity index is 1.71. The molecule has 178 valence electrons. The molecular weight excluding hydrogens is 450 g/mol. The highest BCUT2D eigenvalue weighted by Gasteiger charge is 2.17. The minimum absolute atomic E-state index is 0.0173. The molecule has 0 radical (unpaired) electrons. The van der Waals surface area contributed by atoms with E-state index >= 15 is 0 Å². The third-order valence-electron chi connectivity index (χ3n) is 5.42. The number of nitrogens with zero attached hydrogens (tertiary/aromatic N) is 4. The molecule has 0 unspecified atom stereocenters. The predicted molar refractivity (Wildman–Crippen MR) is 139 cm³/mol. The van der Waals surface area contributed by atoms with Crippen LogP contribution in [0, 0.1) is 18.3 Å². The molecule has 0 aliphatic rings. The molecule has 1 amide bonds. The predicted octanol–water partition coefficient (Wildman–Crippen LogP) is 5.03. The van der Waals surface area contributed by atoms with E-state index in [9.17, 15) is 10.1 Å². The highest BCUT2D eigenvalue weighted by Crippen LogP contribution is 2.30. The third kappa shape index (κ3) is 5.75. The summed E-state index contributed by atoms with van der Waals surface area (Å²) in [7, 11) is 0. The van der Waals surface area contributed by atoms with Crippen molar-refractivity contribution in [2.45, 2.75) is 13.5 Å². The topological polar surface area (TPSA) is 92.8 Å². The zero-order valence-electron chi connectivity index (χ0n) is 19.9. The zero-order valence-corrected chi connectivity index (χ0v) is 19.9. The molecule has 2 aromatic carbocycles. The molecule has 7 heteroatoms. The molecule has 2 heterocycles. The number of pyridine rings is 1. The van der Waals surface area contributed by atoms with Crippen molar-refractivity contribution in [2.24, 2.45) is 0 Å².